The van der Waals surface area contributed by atoms with E-state index < -0.39 is 0 Å². The molecule has 3 rings (SSSR count). The summed E-state index contributed by atoms with van der Waals surface area (Å²) in [6.45, 7) is 2.15. The van der Waals surface area contributed by atoms with Crippen LogP contribution in [0.15, 0.2) is 59.4 Å². The highest BCUT2D eigenvalue weighted by molar-refractivity contribution is 5.97. The van der Waals surface area contributed by atoms with Crippen LogP contribution in [0.3, 0.4) is 0 Å². The maximum absolute atomic E-state index is 12.8. The van der Waals surface area contributed by atoms with Crippen LogP contribution in [0, 0.1) is 0 Å². The Morgan fingerprint density at radius 2 is 1.61 bits per heavy atom. The molecule has 0 saturated heterocycles. The highest BCUT2D eigenvalue weighted by Gasteiger charge is 2.17. The summed E-state index contributed by atoms with van der Waals surface area (Å²) in [5, 5.41) is 1.68. The van der Waals surface area contributed by atoms with E-state index in [0.29, 0.717) is 5.39 Å². The zero-order valence-corrected chi connectivity index (χ0v) is 13.6. The van der Waals surface area contributed by atoms with Gasteiger partial charge in [-0.05, 0) is 29.9 Å². The molecular formula is C20H21NO2. The summed E-state index contributed by atoms with van der Waals surface area (Å²) < 4.78 is 1.46. The fourth-order valence-corrected chi connectivity index (χ4v) is 3.07. The standard InChI is InChI=1S/C20H21NO2/c1-3-4-14-18-19(15-10-6-5-7-11-15)16-12-8-9-13-17(16)20(22)21(18)23-2/h5-13H,3-4,14H2,1-2H3. The molecule has 0 amide bonds. The van der Waals surface area contributed by atoms with Crippen molar-refractivity contribution in [2.45, 2.75) is 26.2 Å². The molecule has 0 bridgehead atoms. The largest absolute Gasteiger partial charge is 0.414 e. The van der Waals surface area contributed by atoms with Gasteiger partial charge >= 0.3 is 0 Å². The lowest BCUT2D eigenvalue weighted by Crippen LogP contribution is -2.29. The van der Waals surface area contributed by atoms with Crippen LogP contribution in [0.1, 0.15) is 25.5 Å². The first-order chi connectivity index (χ1) is 11.3. The molecule has 0 N–H and O–H groups in total. The van der Waals surface area contributed by atoms with Crippen molar-refractivity contribution in [3.05, 3.63) is 70.6 Å². The predicted octanol–water partition coefficient (Wildman–Crippen LogP) is 4.07. The summed E-state index contributed by atoms with van der Waals surface area (Å²) >= 11 is 0. The third-order valence-corrected chi connectivity index (χ3v) is 4.16. The molecular weight excluding hydrogens is 286 g/mol. The van der Waals surface area contributed by atoms with E-state index in [2.05, 4.69) is 19.1 Å². The minimum atomic E-state index is -0.0890. The van der Waals surface area contributed by atoms with E-state index in [1.807, 2.05) is 42.5 Å². The topological polar surface area (TPSA) is 31.2 Å². The first-order valence-electron chi connectivity index (χ1n) is 8.04. The molecule has 0 saturated carbocycles. The molecule has 1 heterocycles. The Balaban J connectivity index is 2.42. The molecule has 0 atom stereocenters. The van der Waals surface area contributed by atoms with Gasteiger partial charge in [-0.3, -0.25) is 4.79 Å². The second kappa shape index (κ2) is 6.69. The van der Waals surface area contributed by atoms with Gasteiger partial charge in [-0.1, -0.05) is 61.9 Å². The van der Waals surface area contributed by atoms with Crippen molar-refractivity contribution < 1.29 is 4.84 Å². The summed E-state index contributed by atoms with van der Waals surface area (Å²) in [6, 6.07) is 18.0. The Bertz CT molecular complexity index is 866. The third kappa shape index (κ3) is 2.74. The molecule has 1 aromatic heterocycles. The van der Waals surface area contributed by atoms with Crippen LogP contribution in [0.2, 0.25) is 0 Å². The summed E-state index contributed by atoms with van der Waals surface area (Å²) in [4.78, 5) is 18.2. The lowest BCUT2D eigenvalue weighted by Gasteiger charge is -2.18. The lowest BCUT2D eigenvalue weighted by molar-refractivity contribution is 0.150. The second-order valence-corrected chi connectivity index (χ2v) is 5.62. The van der Waals surface area contributed by atoms with E-state index in [1.54, 1.807) is 7.11 Å². The highest BCUT2D eigenvalue weighted by atomic mass is 16.6. The van der Waals surface area contributed by atoms with Crippen molar-refractivity contribution in [1.29, 1.82) is 0 Å². The number of pyridine rings is 1. The molecule has 118 valence electrons. The number of nitrogens with zero attached hydrogens (tertiary/aromatic N) is 1. The predicted molar refractivity (Wildman–Crippen MR) is 94.8 cm³/mol. The Morgan fingerprint density at radius 3 is 2.26 bits per heavy atom. The highest BCUT2D eigenvalue weighted by Crippen LogP contribution is 2.31. The van der Waals surface area contributed by atoms with Gasteiger partial charge in [0.15, 0.2) is 0 Å². The Morgan fingerprint density at radius 1 is 0.957 bits per heavy atom. The van der Waals surface area contributed by atoms with Crippen molar-refractivity contribution in [3.63, 3.8) is 0 Å². The third-order valence-electron chi connectivity index (χ3n) is 4.16. The number of benzene rings is 2. The number of rotatable bonds is 5. The average molecular weight is 307 g/mol. The molecule has 0 radical (unpaired) electrons. The minimum absolute atomic E-state index is 0.0890. The molecule has 0 spiro atoms. The minimum Gasteiger partial charge on any atom is -0.414 e. The van der Waals surface area contributed by atoms with Crippen LogP contribution in [-0.2, 0) is 6.42 Å². The van der Waals surface area contributed by atoms with Crippen molar-refractivity contribution in [3.8, 4) is 11.1 Å². The van der Waals surface area contributed by atoms with Gasteiger partial charge in [-0.25, -0.2) is 0 Å². The SMILES string of the molecule is CCCCc1c(-c2ccccc2)c2ccccc2c(=O)n1OC. The van der Waals surface area contributed by atoms with Gasteiger partial charge in [0, 0.05) is 5.56 Å². The Labute approximate surface area is 136 Å². The average Bonchev–Trinajstić information content (AvgIpc) is 2.61. The van der Waals surface area contributed by atoms with Gasteiger partial charge in [0.1, 0.15) is 7.11 Å². The number of aromatic nitrogens is 1. The number of fused-ring (bicyclic) bond motifs is 1. The van der Waals surface area contributed by atoms with Crippen LogP contribution < -0.4 is 10.4 Å². The summed E-state index contributed by atoms with van der Waals surface area (Å²) in [6.07, 6.45) is 2.90. The summed E-state index contributed by atoms with van der Waals surface area (Å²) in [7, 11) is 1.56. The van der Waals surface area contributed by atoms with Gasteiger partial charge in [0.2, 0.25) is 0 Å². The molecule has 3 nitrogen and oxygen atoms in total. The number of hydrogen-bond donors (Lipinski definition) is 0. The van der Waals surface area contributed by atoms with Gasteiger partial charge < -0.3 is 4.84 Å². The van der Waals surface area contributed by atoms with Gasteiger partial charge in [0.25, 0.3) is 5.56 Å². The Hall–Kier alpha value is -2.55. The zero-order chi connectivity index (χ0) is 16.2. The molecule has 0 fully saturated rings. The maximum atomic E-state index is 12.8. The number of hydrogen-bond acceptors (Lipinski definition) is 2. The van der Waals surface area contributed by atoms with Crippen LogP contribution >= 0.6 is 0 Å². The molecule has 0 aliphatic carbocycles. The fourth-order valence-electron chi connectivity index (χ4n) is 3.07. The smallest absolute Gasteiger partial charge is 0.291 e. The van der Waals surface area contributed by atoms with E-state index >= 15 is 0 Å². The van der Waals surface area contributed by atoms with E-state index in [1.165, 1.54) is 4.73 Å². The first-order valence-corrected chi connectivity index (χ1v) is 8.04. The Kier molecular flexibility index (Phi) is 4.47. The second-order valence-electron chi connectivity index (χ2n) is 5.62. The van der Waals surface area contributed by atoms with Crippen molar-refractivity contribution in [2.24, 2.45) is 0 Å². The van der Waals surface area contributed by atoms with E-state index in [9.17, 15) is 4.79 Å². The van der Waals surface area contributed by atoms with Crippen molar-refractivity contribution in [2.75, 3.05) is 7.11 Å². The van der Waals surface area contributed by atoms with Crippen LogP contribution in [0.4, 0.5) is 0 Å². The summed E-state index contributed by atoms with van der Waals surface area (Å²) in [5.74, 6) is 0. The summed E-state index contributed by atoms with van der Waals surface area (Å²) in [5.41, 5.74) is 3.06. The van der Waals surface area contributed by atoms with Crippen LogP contribution in [-0.4, -0.2) is 11.8 Å². The van der Waals surface area contributed by atoms with Crippen LogP contribution in [0.5, 0.6) is 0 Å². The van der Waals surface area contributed by atoms with E-state index in [4.69, 9.17) is 4.84 Å². The van der Waals surface area contributed by atoms with E-state index in [-0.39, 0.29) is 5.56 Å². The monoisotopic (exact) mass is 307 g/mol. The molecule has 3 aromatic rings. The van der Waals surface area contributed by atoms with Gasteiger partial charge in [0.05, 0.1) is 11.1 Å². The maximum Gasteiger partial charge on any atom is 0.291 e. The van der Waals surface area contributed by atoms with Gasteiger partial charge in [-0.15, -0.1) is 4.73 Å². The zero-order valence-electron chi connectivity index (χ0n) is 13.6. The van der Waals surface area contributed by atoms with Gasteiger partial charge in [-0.2, -0.15) is 0 Å². The molecule has 0 aliphatic rings. The van der Waals surface area contributed by atoms with Crippen molar-refractivity contribution >= 4 is 10.8 Å². The molecule has 3 heteroatoms. The molecule has 23 heavy (non-hydrogen) atoms. The number of unbranched alkanes of at least 4 members (excludes halogenated alkanes) is 1. The molecule has 2 aromatic carbocycles. The van der Waals surface area contributed by atoms with Crippen LogP contribution in [0.25, 0.3) is 21.9 Å². The first kappa shape index (κ1) is 15.3. The fraction of sp³-hybridized carbons (Fsp3) is 0.250. The molecule has 0 aliphatic heterocycles. The lowest BCUT2D eigenvalue weighted by atomic mass is 9.95. The normalized spacial score (nSPS) is 10.9. The van der Waals surface area contributed by atoms with Crippen molar-refractivity contribution in [1.82, 2.24) is 4.73 Å². The molecule has 0 unspecified atom stereocenters. The quantitative estimate of drug-likeness (QED) is 0.711. The van der Waals surface area contributed by atoms with E-state index in [0.717, 1.165) is 41.5 Å².